The van der Waals surface area contributed by atoms with Crippen molar-refractivity contribution in [3.05, 3.63) is 89.9 Å². The van der Waals surface area contributed by atoms with Gasteiger partial charge in [0, 0.05) is 30.1 Å². The molecule has 1 aliphatic heterocycles. The Kier molecular flexibility index (Phi) is 6.08. The number of ether oxygens (including phenoxy) is 3. The van der Waals surface area contributed by atoms with Crippen LogP contribution >= 0.6 is 0 Å². The molecule has 1 aliphatic rings. The summed E-state index contributed by atoms with van der Waals surface area (Å²) in [6, 6.07) is 18.9. The summed E-state index contributed by atoms with van der Waals surface area (Å²) in [4.78, 5) is 19.8. The second-order valence-corrected chi connectivity index (χ2v) is 8.28. The summed E-state index contributed by atoms with van der Waals surface area (Å²) in [5.41, 5.74) is 3.34. The molecule has 0 bridgehead atoms. The Morgan fingerprint density at radius 1 is 1.03 bits per heavy atom. The smallest absolute Gasteiger partial charge is 0.254 e. The first-order valence-electron chi connectivity index (χ1n) is 11.3. The number of likely N-dealkylation sites (tertiary alicyclic amines) is 1. The van der Waals surface area contributed by atoms with E-state index in [1.165, 1.54) is 0 Å². The molecule has 5 rings (SSSR count). The summed E-state index contributed by atoms with van der Waals surface area (Å²) in [5.74, 6) is 2.21. The van der Waals surface area contributed by atoms with Gasteiger partial charge in [-0.15, -0.1) is 0 Å². The number of fused-ring (bicyclic) bond motifs is 1. The number of rotatable bonds is 7. The van der Waals surface area contributed by atoms with E-state index < -0.39 is 0 Å². The molecule has 0 aliphatic carbocycles. The third-order valence-electron chi connectivity index (χ3n) is 6.21. The summed E-state index contributed by atoms with van der Waals surface area (Å²) in [5, 5.41) is 0. The highest BCUT2D eigenvalue weighted by atomic mass is 16.5. The number of aromatic nitrogens is 2. The normalized spacial score (nSPS) is 15.5. The monoisotopic (exact) mass is 457 g/mol. The van der Waals surface area contributed by atoms with Gasteiger partial charge in [0.15, 0.2) is 0 Å². The second kappa shape index (κ2) is 9.47. The van der Waals surface area contributed by atoms with E-state index >= 15 is 0 Å². The van der Waals surface area contributed by atoms with E-state index in [0.29, 0.717) is 24.5 Å². The molecule has 0 saturated carbocycles. The molecule has 1 atom stereocenters. The van der Waals surface area contributed by atoms with Gasteiger partial charge in [-0.2, -0.15) is 0 Å². The summed E-state index contributed by atoms with van der Waals surface area (Å²) in [7, 11) is 3.29. The Morgan fingerprint density at radius 3 is 2.62 bits per heavy atom. The minimum absolute atomic E-state index is 0.000672. The fraction of sp³-hybridized carbons (Fsp3) is 0.259. The molecule has 4 aromatic rings. The predicted octanol–water partition coefficient (Wildman–Crippen LogP) is 4.91. The van der Waals surface area contributed by atoms with Gasteiger partial charge in [0.05, 0.1) is 26.0 Å². The highest BCUT2D eigenvalue weighted by Gasteiger charge is 2.32. The first-order chi connectivity index (χ1) is 16.7. The molecule has 3 heterocycles. The number of carbonyl (C=O) groups excluding carboxylic acids is 1. The SMILES string of the molecule is COc1ccc(OC)c([C@@H]2CCCN2C(=O)c2ccc(OCc3cn4ccccc4n3)cc2)c1. The maximum absolute atomic E-state index is 13.4. The zero-order valence-corrected chi connectivity index (χ0v) is 19.3. The lowest BCUT2D eigenvalue weighted by atomic mass is 10.0. The highest BCUT2D eigenvalue weighted by Crippen LogP contribution is 2.39. The number of methoxy groups -OCH3 is 2. The topological polar surface area (TPSA) is 65.3 Å². The molecule has 34 heavy (non-hydrogen) atoms. The fourth-order valence-corrected chi connectivity index (χ4v) is 4.51. The number of hydrogen-bond acceptors (Lipinski definition) is 5. The number of carbonyl (C=O) groups is 1. The van der Waals surface area contributed by atoms with Crippen molar-refractivity contribution >= 4 is 11.6 Å². The van der Waals surface area contributed by atoms with Gasteiger partial charge in [-0.25, -0.2) is 4.98 Å². The van der Waals surface area contributed by atoms with Gasteiger partial charge in [-0.05, 0) is 67.4 Å². The first kappa shape index (κ1) is 21.8. The molecule has 0 radical (unpaired) electrons. The second-order valence-electron chi connectivity index (χ2n) is 8.28. The van der Waals surface area contributed by atoms with Crippen LogP contribution in [0.15, 0.2) is 73.1 Å². The molecule has 7 nitrogen and oxygen atoms in total. The molecule has 1 saturated heterocycles. The number of nitrogens with zero attached hydrogens (tertiary/aromatic N) is 3. The van der Waals surface area contributed by atoms with Crippen molar-refractivity contribution in [2.45, 2.75) is 25.5 Å². The number of benzene rings is 2. The van der Waals surface area contributed by atoms with Gasteiger partial charge in [-0.1, -0.05) is 6.07 Å². The van der Waals surface area contributed by atoms with Crippen molar-refractivity contribution < 1.29 is 19.0 Å². The van der Waals surface area contributed by atoms with E-state index in [0.717, 1.165) is 41.2 Å². The zero-order valence-electron chi connectivity index (χ0n) is 19.3. The van der Waals surface area contributed by atoms with Crippen LogP contribution in [-0.4, -0.2) is 41.0 Å². The molecule has 0 unspecified atom stereocenters. The van der Waals surface area contributed by atoms with Crippen molar-refractivity contribution in [3.63, 3.8) is 0 Å². The summed E-state index contributed by atoms with van der Waals surface area (Å²) < 4.78 is 18.8. The number of imidazole rings is 1. The summed E-state index contributed by atoms with van der Waals surface area (Å²) in [6.45, 7) is 1.06. The lowest BCUT2D eigenvalue weighted by molar-refractivity contribution is 0.0734. The van der Waals surface area contributed by atoms with E-state index in [1.807, 2.05) is 82.4 Å². The number of amides is 1. The molecule has 1 fully saturated rings. The van der Waals surface area contributed by atoms with Gasteiger partial charge in [-0.3, -0.25) is 4.79 Å². The highest BCUT2D eigenvalue weighted by molar-refractivity contribution is 5.94. The van der Waals surface area contributed by atoms with Gasteiger partial charge < -0.3 is 23.5 Å². The molecule has 2 aromatic carbocycles. The lowest BCUT2D eigenvalue weighted by Crippen LogP contribution is -2.30. The van der Waals surface area contributed by atoms with Crippen molar-refractivity contribution in [1.82, 2.24) is 14.3 Å². The van der Waals surface area contributed by atoms with Crippen molar-refractivity contribution in [1.29, 1.82) is 0 Å². The third-order valence-corrected chi connectivity index (χ3v) is 6.21. The van der Waals surface area contributed by atoms with Gasteiger partial charge in [0.1, 0.15) is 29.5 Å². The average Bonchev–Trinajstić information content (AvgIpc) is 3.54. The quantitative estimate of drug-likeness (QED) is 0.395. The summed E-state index contributed by atoms with van der Waals surface area (Å²) in [6.07, 6.45) is 5.74. The molecule has 0 N–H and O–H groups in total. The maximum Gasteiger partial charge on any atom is 0.254 e. The minimum Gasteiger partial charge on any atom is -0.497 e. The van der Waals surface area contributed by atoms with E-state index in [1.54, 1.807) is 14.2 Å². The van der Waals surface area contributed by atoms with Crippen molar-refractivity contribution in [2.24, 2.45) is 0 Å². The maximum atomic E-state index is 13.4. The van der Waals surface area contributed by atoms with Gasteiger partial charge in [0.2, 0.25) is 0 Å². The molecule has 174 valence electrons. The molecule has 7 heteroatoms. The van der Waals surface area contributed by atoms with E-state index in [2.05, 4.69) is 4.98 Å². The molecule has 0 spiro atoms. The van der Waals surface area contributed by atoms with Crippen molar-refractivity contribution in [3.8, 4) is 17.2 Å². The lowest BCUT2D eigenvalue weighted by Gasteiger charge is -2.27. The van der Waals surface area contributed by atoms with E-state index in [-0.39, 0.29) is 11.9 Å². The zero-order chi connectivity index (χ0) is 23.5. The Bertz CT molecular complexity index is 1270. The van der Waals surface area contributed by atoms with Crippen LogP contribution in [0.5, 0.6) is 17.2 Å². The summed E-state index contributed by atoms with van der Waals surface area (Å²) >= 11 is 0. The van der Waals surface area contributed by atoms with Crippen LogP contribution in [0.2, 0.25) is 0 Å². The minimum atomic E-state index is -0.0523. The standard InChI is InChI=1S/C27H27N3O4/c1-32-22-12-13-25(33-2)23(16-22)24-6-5-15-30(24)27(31)19-8-10-21(11-9-19)34-18-20-17-29-14-4-3-7-26(29)28-20/h3-4,7-14,16-17,24H,5-6,15,18H2,1-2H3/t24-/m0/s1. The Hall–Kier alpha value is -4.00. The van der Waals surface area contributed by atoms with E-state index in [4.69, 9.17) is 14.2 Å². The number of hydrogen-bond donors (Lipinski definition) is 0. The fourth-order valence-electron chi connectivity index (χ4n) is 4.51. The van der Waals surface area contributed by atoms with Crippen LogP contribution in [0, 0.1) is 0 Å². The van der Waals surface area contributed by atoms with Crippen molar-refractivity contribution in [2.75, 3.05) is 20.8 Å². The predicted molar refractivity (Wildman–Crippen MR) is 129 cm³/mol. The van der Waals surface area contributed by atoms with Crippen LogP contribution in [0.3, 0.4) is 0 Å². The third kappa shape index (κ3) is 4.29. The average molecular weight is 458 g/mol. The van der Waals surface area contributed by atoms with Gasteiger partial charge in [0.25, 0.3) is 5.91 Å². The molecular formula is C27H27N3O4. The van der Waals surface area contributed by atoms with Crippen LogP contribution in [0.25, 0.3) is 5.65 Å². The van der Waals surface area contributed by atoms with Gasteiger partial charge >= 0.3 is 0 Å². The Balaban J connectivity index is 1.29. The first-order valence-corrected chi connectivity index (χ1v) is 11.3. The molecular weight excluding hydrogens is 430 g/mol. The molecule has 1 amide bonds. The number of pyridine rings is 1. The van der Waals surface area contributed by atoms with Crippen LogP contribution in [-0.2, 0) is 6.61 Å². The Morgan fingerprint density at radius 2 is 1.85 bits per heavy atom. The van der Waals surface area contributed by atoms with Crippen LogP contribution < -0.4 is 14.2 Å². The van der Waals surface area contributed by atoms with Crippen LogP contribution in [0.4, 0.5) is 0 Å². The van der Waals surface area contributed by atoms with E-state index in [9.17, 15) is 4.79 Å². The van der Waals surface area contributed by atoms with Crippen LogP contribution in [0.1, 0.15) is 40.5 Å². The Labute approximate surface area is 198 Å². The largest absolute Gasteiger partial charge is 0.497 e. The molecule has 2 aromatic heterocycles.